The van der Waals surface area contributed by atoms with E-state index in [-0.39, 0.29) is 49.5 Å². The van der Waals surface area contributed by atoms with Crippen LogP contribution in [-0.4, -0.2) is 24.0 Å². The van der Waals surface area contributed by atoms with Crippen molar-refractivity contribution >= 4 is 98.9 Å². The first kappa shape index (κ1) is 27.5. The molecule has 3 aromatic carbocycles. The number of methoxy groups -OCH3 is 1. The molecule has 0 saturated carbocycles. The van der Waals surface area contributed by atoms with Crippen LogP contribution in [0.25, 0.3) is 6.08 Å². The molecule has 0 bridgehead atoms. The molecule has 3 aromatic rings. The average molecular weight is 617 g/mol. The first-order chi connectivity index (χ1) is 17.6. The Bertz CT molecular complexity index is 1480. The normalized spacial score (nSPS) is 14.7. The number of carbonyl (C=O) groups excluding carboxylic acids is 2. The monoisotopic (exact) mass is 614 g/mol. The van der Waals surface area contributed by atoms with E-state index in [0.717, 1.165) is 10.5 Å². The molecule has 0 aromatic heterocycles. The van der Waals surface area contributed by atoms with Gasteiger partial charge in [0.1, 0.15) is 12.2 Å². The first-order valence-electron chi connectivity index (χ1n) is 10.4. The van der Waals surface area contributed by atoms with Gasteiger partial charge in [0.15, 0.2) is 16.6 Å². The number of carbonyl (C=O) groups is 2. The summed E-state index contributed by atoms with van der Waals surface area (Å²) in [5.41, 5.74) is 1.20. The SMILES string of the molecule is COc1cc(/C=C2\C(=O)NC(=S)N(c3cccc(Cl)c3Cl)C2=O)cc(Cl)c1OCc1ccc(Cl)c(Cl)c1. The molecule has 2 amide bonds. The second-order valence-electron chi connectivity index (χ2n) is 7.60. The van der Waals surface area contributed by atoms with E-state index in [1.165, 1.54) is 19.3 Å². The lowest BCUT2D eigenvalue weighted by atomic mass is 10.1. The molecule has 1 saturated heterocycles. The molecule has 190 valence electrons. The van der Waals surface area contributed by atoms with Gasteiger partial charge in [-0.15, -0.1) is 0 Å². The molecule has 0 atom stereocenters. The van der Waals surface area contributed by atoms with Crippen molar-refractivity contribution in [3.63, 3.8) is 0 Å². The van der Waals surface area contributed by atoms with Crippen molar-refractivity contribution in [1.29, 1.82) is 0 Å². The van der Waals surface area contributed by atoms with Gasteiger partial charge in [-0.05, 0) is 65.8 Å². The van der Waals surface area contributed by atoms with Crippen molar-refractivity contribution in [2.24, 2.45) is 0 Å². The average Bonchev–Trinajstić information content (AvgIpc) is 2.85. The number of hydrogen-bond acceptors (Lipinski definition) is 5. The van der Waals surface area contributed by atoms with Crippen LogP contribution in [0, 0.1) is 0 Å². The van der Waals surface area contributed by atoms with E-state index in [1.54, 1.807) is 42.5 Å². The Labute approximate surface area is 242 Å². The molecule has 37 heavy (non-hydrogen) atoms. The molecule has 0 aliphatic carbocycles. The smallest absolute Gasteiger partial charge is 0.270 e. The molecular weight excluding hydrogens is 602 g/mol. The summed E-state index contributed by atoms with van der Waals surface area (Å²) in [5, 5.41) is 3.73. The van der Waals surface area contributed by atoms with E-state index in [4.69, 9.17) is 79.7 Å². The molecule has 1 aliphatic rings. The molecule has 6 nitrogen and oxygen atoms in total. The molecule has 0 unspecified atom stereocenters. The van der Waals surface area contributed by atoms with Crippen LogP contribution < -0.4 is 19.7 Å². The first-order valence-corrected chi connectivity index (χ1v) is 12.7. The Balaban J connectivity index is 1.65. The molecular formula is C25H15Cl5N2O4S. The number of nitrogens with zero attached hydrogens (tertiary/aromatic N) is 1. The summed E-state index contributed by atoms with van der Waals surface area (Å²) in [4.78, 5) is 27.1. The zero-order chi connectivity index (χ0) is 26.9. The van der Waals surface area contributed by atoms with Gasteiger partial charge in [-0.2, -0.15) is 0 Å². The highest BCUT2D eigenvalue weighted by Crippen LogP contribution is 2.39. The van der Waals surface area contributed by atoms with E-state index in [0.29, 0.717) is 15.6 Å². The fourth-order valence-electron chi connectivity index (χ4n) is 3.46. The van der Waals surface area contributed by atoms with Gasteiger partial charge in [0, 0.05) is 0 Å². The van der Waals surface area contributed by atoms with Gasteiger partial charge in [0.05, 0.1) is 37.9 Å². The fourth-order valence-corrected chi connectivity index (χ4v) is 4.70. The van der Waals surface area contributed by atoms with E-state index in [2.05, 4.69) is 5.32 Å². The van der Waals surface area contributed by atoms with E-state index >= 15 is 0 Å². The number of halogens is 5. The van der Waals surface area contributed by atoms with Gasteiger partial charge in [-0.1, -0.05) is 70.1 Å². The minimum atomic E-state index is -0.687. The van der Waals surface area contributed by atoms with Crippen molar-refractivity contribution < 1.29 is 19.1 Å². The Morgan fingerprint density at radius 3 is 2.41 bits per heavy atom. The number of nitrogens with one attached hydrogen (secondary N) is 1. The van der Waals surface area contributed by atoms with Crippen LogP contribution in [0.3, 0.4) is 0 Å². The van der Waals surface area contributed by atoms with Crippen LogP contribution in [0.4, 0.5) is 5.69 Å². The number of hydrogen-bond donors (Lipinski definition) is 1. The van der Waals surface area contributed by atoms with E-state index < -0.39 is 11.8 Å². The second kappa shape index (κ2) is 11.5. The minimum Gasteiger partial charge on any atom is -0.493 e. The molecule has 1 N–H and O–H groups in total. The van der Waals surface area contributed by atoms with E-state index in [1.807, 2.05) is 0 Å². The highest BCUT2D eigenvalue weighted by atomic mass is 35.5. The standard InChI is InChI=1S/C25H15Cl5N2O4S/c1-35-20-10-13(9-18(29)22(20)36-11-12-5-6-15(26)17(28)8-12)7-14-23(33)31-25(37)32(24(14)34)19-4-2-3-16(27)21(19)30/h2-10H,11H2,1H3,(H,31,33,37)/b14-7+. The highest BCUT2D eigenvalue weighted by Gasteiger charge is 2.35. The minimum absolute atomic E-state index is 0.114. The van der Waals surface area contributed by atoms with Gasteiger partial charge in [0.2, 0.25) is 0 Å². The van der Waals surface area contributed by atoms with Gasteiger partial charge in [0.25, 0.3) is 11.8 Å². The summed E-state index contributed by atoms with van der Waals surface area (Å²) < 4.78 is 11.3. The fraction of sp³-hybridized carbons (Fsp3) is 0.0800. The third kappa shape index (κ3) is 5.82. The molecule has 0 radical (unpaired) electrons. The van der Waals surface area contributed by atoms with Crippen LogP contribution >= 0.6 is 70.2 Å². The number of thiocarbonyl (C=S) groups is 1. The lowest BCUT2D eigenvalue weighted by Crippen LogP contribution is -2.54. The highest BCUT2D eigenvalue weighted by molar-refractivity contribution is 7.80. The Morgan fingerprint density at radius 2 is 1.70 bits per heavy atom. The topological polar surface area (TPSA) is 67.9 Å². The van der Waals surface area contributed by atoms with Gasteiger partial charge < -0.3 is 9.47 Å². The number of rotatable bonds is 6. The molecule has 0 spiro atoms. The third-order valence-corrected chi connectivity index (χ3v) is 7.32. The Morgan fingerprint density at radius 1 is 0.946 bits per heavy atom. The number of benzene rings is 3. The quantitative estimate of drug-likeness (QED) is 0.178. The molecule has 4 rings (SSSR count). The summed E-state index contributed by atoms with van der Waals surface area (Å²) in [6.07, 6.45) is 1.36. The van der Waals surface area contributed by atoms with Crippen LogP contribution in [0.1, 0.15) is 11.1 Å². The summed E-state index contributed by atoms with van der Waals surface area (Å²) >= 11 is 36.1. The predicted octanol–water partition coefficient (Wildman–Crippen LogP) is 7.37. The van der Waals surface area contributed by atoms with Gasteiger partial charge in [-0.25, -0.2) is 0 Å². The largest absolute Gasteiger partial charge is 0.493 e. The van der Waals surface area contributed by atoms with Crippen molar-refractivity contribution in [3.05, 3.63) is 90.3 Å². The van der Waals surface area contributed by atoms with Crippen molar-refractivity contribution in [1.82, 2.24) is 5.32 Å². The summed E-state index contributed by atoms with van der Waals surface area (Å²) in [5.74, 6) is -0.814. The zero-order valence-corrected chi connectivity index (χ0v) is 23.4. The lowest BCUT2D eigenvalue weighted by molar-refractivity contribution is -0.122. The van der Waals surface area contributed by atoms with Crippen LogP contribution in [-0.2, 0) is 16.2 Å². The van der Waals surface area contributed by atoms with Crippen molar-refractivity contribution in [2.75, 3.05) is 12.0 Å². The maximum atomic E-state index is 13.3. The van der Waals surface area contributed by atoms with Crippen molar-refractivity contribution in [3.8, 4) is 11.5 Å². The van der Waals surface area contributed by atoms with Crippen LogP contribution in [0.2, 0.25) is 25.1 Å². The lowest BCUT2D eigenvalue weighted by Gasteiger charge is -2.29. The number of anilines is 1. The van der Waals surface area contributed by atoms with Crippen molar-refractivity contribution in [2.45, 2.75) is 6.61 Å². The number of ether oxygens (including phenoxy) is 2. The maximum absolute atomic E-state index is 13.3. The molecule has 1 heterocycles. The van der Waals surface area contributed by atoms with Crippen LogP contribution in [0.5, 0.6) is 11.5 Å². The Kier molecular flexibility index (Phi) is 8.53. The van der Waals surface area contributed by atoms with Gasteiger partial charge in [-0.3, -0.25) is 19.8 Å². The summed E-state index contributed by atoms with van der Waals surface area (Å²) in [6, 6.07) is 13.0. The number of amides is 2. The molecule has 1 aliphatic heterocycles. The van der Waals surface area contributed by atoms with E-state index in [9.17, 15) is 9.59 Å². The summed E-state index contributed by atoms with van der Waals surface area (Å²) in [7, 11) is 1.44. The molecule has 1 fully saturated rings. The molecule has 12 heteroatoms. The third-order valence-electron chi connectivity index (χ3n) is 5.20. The second-order valence-corrected chi connectivity index (χ2v) is 10.00. The van der Waals surface area contributed by atoms with Crippen LogP contribution in [0.15, 0.2) is 54.1 Å². The summed E-state index contributed by atoms with van der Waals surface area (Å²) in [6.45, 7) is 0.140. The Hall–Kier alpha value is -2.52. The zero-order valence-electron chi connectivity index (χ0n) is 18.8. The maximum Gasteiger partial charge on any atom is 0.270 e. The van der Waals surface area contributed by atoms with Gasteiger partial charge >= 0.3 is 0 Å². The predicted molar refractivity (Wildman–Crippen MR) is 151 cm³/mol.